The van der Waals surface area contributed by atoms with E-state index < -0.39 is 21.9 Å². The molecule has 9 heteroatoms. The summed E-state index contributed by atoms with van der Waals surface area (Å²) in [6.45, 7) is 1.55. The summed E-state index contributed by atoms with van der Waals surface area (Å²) in [7, 11) is -3.81. The van der Waals surface area contributed by atoms with Crippen molar-refractivity contribution < 1.29 is 18.3 Å². The molecule has 0 spiro atoms. The summed E-state index contributed by atoms with van der Waals surface area (Å²) in [6.07, 6.45) is 0. The lowest BCUT2D eigenvalue weighted by atomic mass is 10.1. The normalized spacial score (nSPS) is 12.7. The Morgan fingerprint density at radius 3 is 2.26 bits per heavy atom. The number of aliphatic carboxylic acids is 1. The highest BCUT2D eigenvalue weighted by Gasteiger charge is 2.26. The van der Waals surface area contributed by atoms with Gasteiger partial charge in [-0.3, -0.25) is 4.79 Å². The Morgan fingerprint density at radius 1 is 1.15 bits per heavy atom. The van der Waals surface area contributed by atoms with Gasteiger partial charge in [0.1, 0.15) is 0 Å². The average molecular weight is 450 g/mol. The number of carbonyl (C=O) groups is 1. The molecule has 0 aliphatic carbocycles. The Labute approximate surface area is 164 Å². The second kappa shape index (κ2) is 7.26. The topological polar surface area (TPSA) is 115 Å². The van der Waals surface area contributed by atoms with Gasteiger partial charge in [0, 0.05) is 5.56 Å². The van der Waals surface area contributed by atoms with Crippen molar-refractivity contribution in [3.63, 3.8) is 0 Å². The van der Waals surface area contributed by atoms with Crippen LogP contribution >= 0.6 is 15.9 Å². The molecule has 0 saturated carbocycles. The molecule has 0 bridgehead atoms. The summed E-state index contributed by atoms with van der Waals surface area (Å²) in [5.74, 6) is -1.82. The minimum atomic E-state index is -3.81. The summed E-state index contributed by atoms with van der Waals surface area (Å²) in [6, 6.07) is 15.3. The summed E-state index contributed by atoms with van der Waals surface area (Å²) in [5, 5.41) is 19.0. The van der Waals surface area contributed by atoms with E-state index in [0.29, 0.717) is 21.5 Å². The first-order chi connectivity index (χ1) is 12.7. The van der Waals surface area contributed by atoms with Gasteiger partial charge in [-0.15, -0.1) is 0 Å². The fourth-order valence-corrected chi connectivity index (χ4v) is 3.95. The third-order valence-corrected chi connectivity index (χ3v) is 5.80. The molecule has 0 amide bonds. The van der Waals surface area contributed by atoms with Crippen LogP contribution < -0.4 is 5.14 Å². The van der Waals surface area contributed by atoms with E-state index in [4.69, 9.17) is 5.14 Å². The molecule has 0 aliphatic rings. The Kier molecular flexibility index (Phi) is 5.18. The number of hydrogen-bond donors (Lipinski definition) is 2. The predicted octanol–water partition coefficient (Wildman–Crippen LogP) is 3.14. The van der Waals surface area contributed by atoms with E-state index in [1.807, 2.05) is 30.3 Å². The number of sulfonamides is 1. The van der Waals surface area contributed by atoms with Gasteiger partial charge in [-0.1, -0.05) is 30.3 Å². The summed E-state index contributed by atoms with van der Waals surface area (Å²) in [4.78, 5) is 11.4. The maximum atomic E-state index is 11.5. The Balaban J connectivity index is 2.22. The number of nitrogens with zero attached hydrogens (tertiary/aromatic N) is 2. The zero-order valence-electron chi connectivity index (χ0n) is 14.2. The van der Waals surface area contributed by atoms with E-state index in [9.17, 15) is 18.3 Å². The largest absolute Gasteiger partial charge is 0.481 e. The van der Waals surface area contributed by atoms with Crippen LogP contribution in [0.4, 0.5) is 0 Å². The summed E-state index contributed by atoms with van der Waals surface area (Å²) < 4.78 is 25.1. The van der Waals surface area contributed by atoms with Crippen LogP contribution in [0, 0.1) is 0 Å². The van der Waals surface area contributed by atoms with Crippen LogP contribution in [0.1, 0.15) is 18.5 Å². The van der Waals surface area contributed by atoms with Gasteiger partial charge < -0.3 is 5.11 Å². The highest BCUT2D eigenvalue weighted by atomic mass is 79.9. The van der Waals surface area contributed by atoms with Crippen molar-refractivity contribution in [3.05, 3.63) is 64.8 Å². The van der Waals surface area contributed by atoms with Crippen molar-refractivity contribution in [1.82, 2.24) is 9.78 Å². The quantitative estimate of drug-likeness (QED) is 0.620. The molecule has 27 heavy (non-hydrogen) atoms. The maximum absolute atomic E-state index is 11.5. The van der Waals surface area contributed by atoms with Crippen molar-refractivity contribution in [2.75, 3.05) is 0 Å². The van der Waals surface area contributed by atoms with Crippen molar-refractivity contribution >= 4 is 31.9 Å². The molecule has 0 fully saturated rings. The zero-order valence-corrected chi connectivity index (χ0v) is 16.6. The van der Waals surface area contributed by atoms with Crippen molar-refractivity contribution in [3.8, 4) is 16.9 Å². The monoisotopic (exact) mass is 449 g/mol. The molecular weight excluding hydrogens is 434 g/mol. The van der Waals surface area contributed by atoms with Crippen molar-refractivity contribution in [2.24, 2.45) is 5.14 Å². The molecule has 140 valence electrons. The van der Waals surface area contributed by atoms with Crippen LogP contribution in [0.15, 0.2) is 64.0 Å². The van der Waals surface area contributed by atoms with Gasteiger partial charge in [0.2, 0.25) is 10.0 Å². The van der Waals surface area contributed by atoms with Gasteiger partial charge in [0.05, 0.1) is 32.4 Å². The van der Waals surface area contributed by atoms with E-state index in [1.165, 1.54) is 12.1 Å². The first kappa shape index (κ1) is 19.3. The number of hydrogen-bond acceptors (Lipinski definition) is 4. The van der Waals surface area contributed by atoms with Gasteiger partial charge in [0.25, 0.3) is 0 Å². The maximum Gasteiger partial charge on any atom is 0.312 e. The molecule has 3 N–H and O–H groups in total. The smallest absolute Gasteiger partial charge is 0.312 e. The van der Waals surface area contributed by atoms with Crippen LogP contribution in [0.3, 0.4) is 0 Å². The number of aromatic nitrogens is 2. The lowest BCUT2D eigenvalue weighted by Gasteiger charge is -2.09. The highest BCUT2D eigenvalue weighted by Crippen LogP contribution is 2.36. The summed E-state index contributed by atoms with van der Waals surface area (Å²) in [5.41, 5.74) is 2.45. The lowest BCUT2D eigenvalue weighted by Crippen LogP contribution is -2.12. The zero-order chi connectivity index (χ0) is 19.8. The van der Waals surface area contributed by atoms with E-state index in [-0.39, 0.29) is 4.90 Å². The van der Waals surface area contributed by atoms with Crippen LogP contribution in [0.5, 0.6) is 0 Å². The minimum absolute atomic E-state index is 0.0159. The van der Waals surface area contributed by atoms with Gasteiger partial charge >= 0.3 is 5.97 Å². The second-order valence-corrected chi connectivity index (χ2v) is 8.28. The molecule has 0 saturated heterocycles. The summed E-state index contributed by atoms with van der Waals surface area (Å²) >= 11 is 3.49. The van der Waals surface area contributed by atoms with Crippen LogP contribution in [0.2, 0.25) is 0 Å². The van der Waals surface area contributed by atoms with E-state index in [2.05, 4.69) is 21.0 Å². The number of nitrogens with two attached hydrogens (primary N) is 1. The number of carboxylic acids is 1. The van der Waals surface area contributed by atoms with Gasteiger partial charge in [0.15, 0.2) is 0 Å². The van der Waals surface area contributed by atoms with E-state index >= 15 is 0 Å². The van der Waals surface area contributed by atoms with Gasteiger partial charge in [-0.05, 0) is 47.1 Å². The number of carboxylic acid groups (broad SMARTS) is 1. The first-order valence-electron chi connectivity index (χ1n) is 7.90. The van der Waals surface area contributed by atoms with Crippen molar-refractivity contribution in [1.29, 1.82) is 0 Å². The van der Waals surface area contributed by atoms with Gasteiger partial charge in [-0.25, -0.2) is 18.2 Å². The molecule has 7 nitrogen and oxygen atoms in total. The van der Waals surface area contributed by atoms with Crippen LogP contribution in [-0.2, 0) is 14.8 Å². The predicted molar refractivity (Wildman–Crippen MR) is 104 cm³/mol. The number of rotatable bonds is 5. The van der Waals surface area contributed by atoms with Crippen molar-refractivity contribution in [2.45, 2.75) is 17.7 Å². The molecule has 3 rings (SSSR count). The molecule has 2 aromatic carbocycles. The molecule has 1 aromatic heterocycles. The number of halogens is 1. The Hall–Kier alpha value is -2.49. The first-order valence-corrected chi connectivity index (χ1v) is 10.2. The Morgan fingerprint density at radius 2 is 1.74 bits per heavy atom. The van der Waals surface area contributed by atoms with Crippen LogP contribution in [-0.4, -0.2) is 29.3 Å². The second-order valence-electron chi connectivity index (χ2n) is 5.92. The van der Waals surface area contributed by atoms with E-state index in [0.717, 1.165) is 5.56 Å². The fraction of sp³-hybridized carbons (Fsp3) is 0.111. The molecule has 1 heterocycles. The fourth-order valence-electron chi connectivity index (χ4n) is 2.62. The Bertz CT molecular complexity index is 1090. The van der Waals surface area contributed by atoms with Gasteiger partial charge in [-0.2, -0.15) is 5.10 Å². The standard InChI is InChI=1S/C18H16BrN3O4S/c1-11(18(23)24)16-15(19)17(12-5-3-2-4-6-12)22(21-16)13-7-9-14(10-8-13)27(20,25)26/h2-11H,1H3,(H,23,24)(H2,20,25,26). The highest BCUT2D eigenvalue weighted by molar-refractivity contribution is 9.10. The number of benzene rings is 2. The third kappa shape index (κ3) is 3.80. The van der Waals surface area contributed by atoms with E-state index in [1.54, 1.807) is 23.7 Å². The SMILES string of the molecule is CC(C(=O)O)c1nn(-c2ccc(S(N)(=O)=O)cc2)c(-c2ccccc2)c1Br. The molecule has 0 radical (unpaired) electrons. The third-order valence-electron chi connectivity index (χ3n) is 4.09. The average Bonchev–Trinajstić information content (AvgIpc) is 2.98. The minimum Gasteiger partial charge on any atom is -0.481 e. The lowest BCUT2D eigenvalue weighted by molar-refractivity contribution is -0.138. The number of primary sulfonamides is 1. The molecular formula is C18H16BrN3O4S. The molecule has 1 unspecified atom stereocenters. The molecule has 3 aromatic rings. The van der Waals surface area contributed by atoms with Crippen LogP contribution in [0.25, 0.3) is 16.9 Å². The molecule has 1 atom stereocenters. The molecule has 0 aliphatic heterocycles.